The molecule has 0 bridgehead atoms. The van der Waals surface area contributed by atoms with Gasteiger partial charge in [-0.1, -0.05) is 6.07 Å². The topological polar surface area (TPSA) is 82.9 Å². The van der Waals surface area contributed by atoms with Gasteiger partial charge < -0.3 is 19.9 Å². The summed E-state index contributed by atoms with van der Waals surface area (Å²) in [5.41, 5.74) is 0.860. The predicted octanol–water partition coefficient (Wildman–Crippen LogP) is 2.73. The number of nitrogens with one attached hydrogen (secondary N) is 1. The fourth-order valence-corrected chi connectivity index (χ4v) is 5.21. The summed E-state index contributed by atoms with van der Waals surface area (Å²) in [5.74, 6) is 0.752. The predicted molar refractivity (Wildman–Crippen MR) is 126 cm³/mol. The molecule has 5 rings (SSSR count). The molecule has 194 valence electrons. The summed E-state index contributed by atoms with van der Waals surface area (Å²) >= 11 is 0. The van der Waals surface area contributed by atoms with Crippen molar-refractivity contribution in [2.24, 2.45) is 11.8 Å². The quantitative estimate of drug-likeness (QED) is 0.687. The number of nitrogens with zero attached hydrogens (tertiary/aromatic N) is 5. The summed E-state index contributed by atoms with van der Waals surface area (Å²) in [5, 5.41) is 6.63. The molecule has 0 aliphatic carbocycles. The van der Waals surface area contributed by atoms with Crippen molar-refractivity contribution in [2.75, 3.05) is 62.7 Å². The maximum absolute atomic E-state index is 13.5. The van der Waals surface area contributed by atoms with E-state index in [0.29, 0.717) is 82.4 Å². The lowest BCUT2D eigenvalue weighted by molar-refractivity contribution is -0.137. The molecule has 2 aromatic rings. The Morgan fingerprint density at radius 3 is 2.42 bits per heavy atom. The number of fused-ring (bicyclic) bond motifs is 1. The molecule has 1 aromatic heterocycles. The van der Waals surface area contributed by atoms with Crippen LogP contribution >= 0.6 is 0 Å². The molecule has 3 aliphatic heterocycles. The Morgan fingerprint density at radius 2 is 1.78 bits per heavy atom. The van der Waals surface area contributed by atoms with Crippen LogP contribution < -0.4 is 10.2 Å². The third-order valence-corrected chi connectivity index (χ3v) is 7.12. The minimum absolute atomic E-state index is 0.269. The van der Waals surface area contributed by atoms with E-state index in [4.69, 9.17) is 4.74 Å². The molecule has 9 nitrogen and oxygen atoms in total. The average molecular weight is 507 g/mol. The van der Waals surface area contributed by atoms with Crippen LogP contribution in [-0.4, -0.2) is 84.0 Å². The molecule has 1 aromatic carbocycles. The first-order valence-corrected chi connectivity index (χ1v) is 12.0. The van der Waals surface area contributed by atoms with Crippen LogP contribution in [0.2, 0.25) is 0 Å². The molecule has 12 heteroatoms. The Labute approximate surface area is 206 Å². The van der Waals surface area contributed by atoms with E-state index in [-0.39, 0.29) is 11.9 Å². The lowest BCUT2D eigenvalue weighted by atomic mass is 10.0. The molecular formula is C24H29F3N6O3. The average Bonchev–Trinajstić information content (AvgIpc) is 3.55. The van der Waals surface area contributed by atoms with Crippen LogP contribution in [0.5, 0.6) is 0 Å². The van der Waals surface area contributed by atoms with Gasteiger partial charge in [0.05, 0.1) is 18.8 Å². The highest BCUT2D eigenvalue weighted by atomic mass is 19.4. The van der Waals surface area contributed by atoms with E-state index in [9.17, 15) is 22.8 Å². The van der Waals surface area contributed by atoms with Crippen LogP contribution in [0.4, 0.5) is 29.5 Å². The van der Waals surface area contributed by atoms with Crippen molar-refractivity contribution in [3.05, 3.63) is 41.6 Å². The van der Waals surface area contributed by atoms with Gasteiger partial charge in [-0.25, -0.2) is 4.79 Å². The molecule has 2 amide bonds. The minimum atomic E-state index is -4.40. The number of hydrogen-bond acceptors (Lipinski definition) is 6. The van der Waals surface area contributed by atoms with E-state index < -0.39 is 11.7 Å². The van der Waals surface area contributed by atoms with Gasteiger partial charge in [0.2, 0.25) is 5.91 Å². The molecule has 36 heavy (non-hydrogen) atoms. The van der Waals surface area contributed by atoms with Gasteiger partial charge in [0, 0.05) is 82.5 Å². The number of alkyl halides is 3. The number of piperazine rings is 1. The molecule has 0 radical (unpaired) electrons. The highest BCUT2D eigenvalue weighted by Gasteiger charge is 2.39. The van der Waals surface area contributed by atoms with E-state index in [1.54, 1.807) is 17.0 Å². The van der Waals surface area contributed by atoms with Crippen molar-refractivity contribution < 1.29 is 27.5 Å². The van der Waals surface area contributed by atoms with E-state index in [0.717, 1.165) is 11.6 Å². The lowest BCUT2D eigenvalue weighted by Crippen LogP contribution is -2.49. The van der Waals surface area contributed by atoms with Crippen molar-refractivity contribution in [3.63, 3.8) is 0 Å². The summed E-state index contributed by atoms with van der Waals surface area (Å²) in [4.78, 5) is 29.9. The van der Waals surface area contributed by atoms with Crippen LogP contribution in [-0.2, 0) is 22.3 Å². The third kappa shape index (κ3) is 5.19. The van der Waals surface area contributed by atoms with E-state index in [1.165, 1.54) is 23.9 Å². The van der Waals surface area contributed by atoms with Crippen LogP contribution in [0.25, 0.3) is 0 Å². The van der Waals surface area contributed by atoms with Gasteiger partial charge in [0.25, 0.3) is 0 Å². The number of amides is 2. The highest BCUT2D eigenvalue weighted by Crippen LogP contribution is 2.38. The Balaban J connectivity index is 1.25. The first kappa shape index (κ1) is 24.6. The number of carbonyl (C=O) groups is 2. The summed E-state index contributed by atoms with van der Waals surface area (Å²) in [6.45, 7) is 6.71. The van der Waals surface area contributed by atoms with Gasteiger partial charge in [-0.2, -0.15) is 17.9 Å². The smallest absolute Gasteiger partial charge is 0.381 e. The highest BCUT2D eigenvalue weighted by molar-refractivity contribution is 5.88. The Bertz CT molecular complexity index is 1120. The first-order chi connectivity index (χ1) is 17.2. The third-order valence-electron chi connectivity index (χ3n) is 7.12. The molecule has 2 unspecified atom stereocenters. The second kappa shape index (κ2) is 9.74. The molecule has 2 atom stereocenters. The fraction of sp³-hybridized carbons (Fsp3) is 0.542. The van der Waals surface area contributed by atoms with Crippen molar-refractivity contribution in [2.45, 2.75) is 19.6 Å². The molecule has 0 saturated carbocycles. The summed E-state index contributed by atoms with van der Waals surface area (Å²) in [7, 11) is 0. The number of aromatic nitrogens is 2. The first-order valence-electron chi connectivity index (χ1n) is 12.0. The second-order valence-corrected chi connectivity index (χ2v) is 9.68. The number of rotatable bonds is 4. The molecule has 3 saturated heterocycles. The Kier molecular flexibility index (Phi) is 6.64. The van der Waals surface area contributed by atoms with E-state index >= 15 is 0 Å². The fourth-order valence-electron chi connectivity index (χ4n) is 5.21. The molecular weight excluding hydrogens is 477 g/mol. The zero-order chi connectivity index (χ0) is 25.4. The van der Waals surface area contributed by atoms with Gasteiger partial charge in [-0.05, 0) is 17.7 Å². The molecule has 3 fully saturated rings. The van der Waals surface area contributed by atoms with Crippen LogP contribution in [0.15, 0.2) is 30.5 Å². The molecule has 4 heterocycles. The minimum Gasteiger partial charge on any atom is -0.381 e. The SMILES string of the molecule is CC(=O)Nc1ccn(C(=O)N2CCN(Cc3ccc(C(F)(F)F)cc3N3CC4COCC4C3)CC2)n1. The van der Waals surface area contributed by atoms with Gasteiger partial charge in [-0.3, -0.25) is 9.69 Å². The Morgan fingerprint density at radius 1 is 1.08 bits per heavy atom. The molecule has 1 N–H and O–H groups in total. The monoisotopic (exact) mass is 506 g/mol. The van der Waals surface area contributed by atoms with Gasteiger partial charge in [0.15, 0.2) is 5.82 Å². The maximum atomic E-state index is 13.5. The largest absolute Gasteiger partial charge is 0.416 e. The number of halogens is 3. The maximum Gasteiger partial charge on any atom is 0.416 e. The normalized spacial score (nSPS) is 22.7. The lowest BCUT2D eigenvalue weighted by Gasteiger charge is -2.35. The zero-order valence-corrected chi connectivity index (χ0v) is 20.0. The molecule has 0 spiro atoms. The van der Waals surface area contributed by atoms with Crippen molar-refractivity contribution in [3.8, 4) is 0 Å². The number of hydrogen-bond donors (Lipinski definition) is 1. The Hall–Kier alpha value is -3.12. The second-order valence-electron chi connectivity index (χ2n) is 9.68. The summed E-state index contributed by atoms with van der Waals surface area (Å²) in [6, 6.07) is 5.30. The molecule has 3 aliphatic rings. The number of ether oxygens (including phenoxy) is 1. The number of carbonyl (C=O) groups excluding carboxylic acids is 2. The van der Waals surface area contributed by atoms with Crippen LogP contribution in [0.3, 0.4) is 0 Å². The van der Waals surface area contributed by atoms with Crippen molar-refractivity contribution >= 4 is 23.4 Å². The number of benzene rings is 1. The van der Waals surface area contributed by atoms with Crippen molar-refractivity contribution in [1.29, 1.82) is 0 Å². The number of anilines is 2. The van der Waals surface area contributed by atoms with Gasteiger partial charge in [-0.15, -0.1) is 5.10 Å². The van der Waals surface area contributed by atoms with E-state index in [1.807, 2.05) is 0 Å². The standard InChI is InChI=1S/C24H29F3N6O3/c1-16(34)28-22-4-5-33(29-22)23(35)31-8-6-30(7-9-31)11-17-2-3-20(24(25,26)27)10-21(17)32-12-18-14-36-15-19(18)13-32/h2-5,10,18-19H,6-9,11-15H2,1H3,(H,28,29,34). The van der Waals surface area contributed by atoms with Crippen LogP contribution in [0, 0.1) is 11.8 Å². The van der Waals surface area contributed by atoms with E-state index in [2.05, 4.69) is 20.2 Å². The van der Waals surface area contributed by atoms with Gasteiger partial charge >= 0.3 is 12.2 Å². The summed E-state index contributed by atoms with van der Waals surface area (Å²) in [6.07, 6.45) is -2.89. The van der Waals surface area contributed by atoms with Crippen molar-refractivity contribution in [1.82, 2.24) is 19.6 Å². The zero-order valence-electron chi connectivity index (χ0n) is 20.0. The summed E-state index contributed by atoms with van der Waals surface area (Å²) < 4.78 is 47.2. The van der Waals surface area contributed by atoms with Crippen LogP contribution in [0.1, 0.15) is 18.1 Å². The van der Waals surface area contributed by atoms with Gasteiger partial charge in [0.1, 0.15) is 0 Å².